The maximum Gasteiger partial charge on any atom is 0.415 e. The molecule has 6 nitrogen and oxygen atoms in total. The molecule has 0 fully saturated rings. The monoisotopic (exact) mass is 332 g/mol. The second-order valence-corrected chi connectivity index (χ2v) is 5.60. The van der Waals surface area contributed by atoms with E-state index in [-0.39, 0.29) is 5.97 Å². The lowest BCUT2D eigenvalue weighted by molar-refractivity contribution is -0.143. The number of rotatable bonds is 7. The summed E-state index contributed by atoms with van der Waals surface area (Å²) in [4.78, 5) is 28.2. The van der Waals surface area contributed by atoms with Crippen LogP contribution in [0.2, 0.25) is 0 Å². The molecule has 0 aliphatic carbocycles. The Bertz CT molecular complexity index is 708. The number of aryl methyl sites for hydroxylation is 1. The summed E-state index contributed by atoms with van der Waals surface area (Å²) in [6.07, 6.45) is 3.17. The minimum atomic E-state index is -0.399. The highest BCUT2D eigenvalue weighted by molar-refractivity contribution is 5.90. The number of hydrogen-bond donors (Lipinski definition) is 1. The number of hydrogen-bond acceptors (Lipinski definition) is 4. The molecule has 1 aromatic carbocycles. The topological polar surface area (TPSA) is 71.6 Å². The normalized spacial score (nSPS) is 10.6. The van der Waals surface area contributed by atoms with Crippen molar-refractivity contribution in [2.24, 2.45) is 0 Å². The van der Waals surface area contributed by atoms with Crippen molar-refractivity contribution in [3.05, 3.63) is 30.0 Å². The highest BCUT2D eigenvalue weighted by Gasteiger charge is 2.14. The molecule has 0 atom stereocenters. The fourth-order valence-corrected chi connectivity index (χ4v) is 2.30. The second-order valence-electron chi connectivity index (χ2n) is 5.60. The Hall–Kier alpha value is -2.50. The summed E-state index contributed by atoms with van der Waals surface area (Å²) in [6, 6.07) is 5.53. The zero-order valence-electron chi connectivity index (χ0n) is 14.4. The van der Waals surface area contributed by atoms with Crippen LogP contribution >= 0.6 is 0 Å². The number of fused-ring (bicyclic) bond motifs is 1. The van der Waals surface area contributed by atoms with E-state index < -0.39 is 6.09 Å². The number of aromatic nitrogens is 1. The van der Waals surface area contributed by atoms with Crippen LogP contribution in [0.1, 0.15) is 32.3 Å². The van der Waals surface area contributed by atoms with Gasteiger partial charge >= 0.3 is 12.1 Å². The van der Waals surface area contributed by atoms with Gasteiger partial charge in [-0.3, -0.25) is 4.79 Å². The average Bonchev–Trinajstić information content (AvgIpc) is 3.01. The summed E-state index contributed by atoms with van der Waals surface area (Å²) in [5, 5.41) is 0.947. The Labute approximate surface area is 141 Å². The van der Waals surface area contributed by atoms with Gasteiger partial charge < -0.3 is 19.4 Å². The molecule has 130 valence electrons. The Morgan fingerprint density at radius 2 is 2.04 bits per heavy atom. The van der Waals surface area contributed by atoms with E-state index in [1.807, 2.05) is 32.2 Å². The number of para-hydroxylation sites is 1. The number of ether oxygens (including phenoxy) is 2. The van der Waals surface area contributed by atoms with Gasteiger partial charge in [-0.25, -0.2) is 4.79 Å². The van der Waals surface area contributed by atoms with E-state index in [0.717, 1.165) is 22.9 Å². The highest BCUT2D eigenvalue weighted by Crippen LogP contribution is 2.28. The molecule has 0 saturated carbocycles. The van der Waals surface area contributed by atoms with E-state index in [9.17, 15) is 9.59 Å². The number of benzene rings is 1. The van der Waals surface area contributed by atoms with Crippen molar-refractivity contribution in [3.8, 4) is 5.75 Å². The molecule has 2 aromatic rings. The Morgan fingerprint density at radius 1 is 1.25 bits per heavy atom. The minimum absolute atomic E-state index is 0.196. The minimum Gasteiger partial charge on any atom is -0.466 e. The summed E-state index contributed by atoms with van der Waals surface area (Å²) in [7, 11) is 1.69. The number of nitrogens with zero attached hydrogens (tertiary/aromatic N) is 1. The summed E-state index contributed by atoms with van der Waals surface area (Å²) >= 11 is 0. The third kappa shape index (κ3) is 4.28. The average molecular weight is 332 g/mol. The third-order valence-electron chi connectivity index (χ3n) is 3.81. The number of aromatic amines is 1. The van der Waals surface area contributed by atoms with Crippen LogP contribution in [0.15, 0.2) is 24.4 Å². The largest absolute Gasteiger partial charge is 0.466 e. The van der Waals surface area contributed by atoms with E-state index in [4.69, 9.17) is 9.47 Å². The maximum absolute atomic E-state index is 11.9. The van der Waals surface area contributed by atoms with Crippen LogP contribution in [-0.2, 0) is 16.0 Å². The SMILES string of the molecule is CCCOC(=O)CCc1c[nH]c2c(OC(=O)N(C)CC)cccc12. The second kappa shape index (κ2) is 8.38. The number of carbonyl (C=O) groups is 2. The van der Waals surface area contributed by atoms with Crippen molar-refractivity contribution in [2.75, 3.05) is 20.2 Å². The van der Waals surface area contributed by atoms with Gasteiger partial charge in [-0.1, -0.05) is 19.1 Å². The molecule has 0 aliphatic rings. The van der Waals surface area contributed by atoms with Gasteiger partial charge in [-0.15, -0.1) is 0 Å². The van der Waals surface area contributed by atoms with Crippen LogP contribution in [0.4, 0.5) is 4.79 Å². The van der Waals surface area contributed by atoms with Crippen LogP contribution in [0.25, 0.3) is 10.9 Å². The smallest absolute Gasteiger partial charge is 0.415 e. The van der Waals surface area contributed by atoms with Gasteiger partial charge in [0, 0.05) is 31.6 Å². The molecule has 0 radical (unpaired) electrons. The predicted molar refractivity (Wildman–Crippen MR) is 92.2 cm³/mol. The fourth-order valence-electron chi connectivity index (χ4n) is 2.30. The first-order valence-corrected chi connectivity index (χ1v) is 8.24. The Balaban J connectivity index is 2.11. The van der Waals surface area contributed by atoms with Gasteiger partial charge in [0.05, 0.1) is 12.1 Å². The first-order valence-electron chi connectivity index (χ1n) is 8.24. The van der Waals surface area contributed by atoms with Gasteiger partial charge in [0.25, 0.3) is 0 Å². The molecule has 1 N–H and O–H groups in total. The van der Waals surface area contributed by atoms with Crippen LogP contribution < -0.4 is 4.74 Å². The summed E-state index contributed by atoms with van der Waals surface area (Å²) < 4.78 is 10.5. The van der Waals surface area contributed by atoms with Gasteiger partial charge in [-0.2, -0.15) is 0 Å². The number of esters is 1. The summed E-state index contributed by atoms with van der Waals surface area (Å²) in [5.74, 6) is 0.288. The molecule has 0 saturated heterocycles. The lowest BCUT2D eigenvalue weighted by Crippen LogP contribution is -2.29. The molecule has 1 amide bonds. The zero-order chi connectivity index (χ0) is 17.5. The van der Waals surface area contributed by atoms with E-state index >= 15 is 0 Å². The molecule has 0 bridgehead atoms. The first kappa shape index (κ1) is 17.8. The molecule has 1 aromatic heterocycles. The molecule has 2 rings (SSSR count). The van der Waals surface area contributed by atoms with Crippen LogP contribution in [0, 0.1) is 0 Å². The molecular formula is C18H24N2O4. The van der Waals surface area contributed by atoms with Gasteiger partial charge in [0.2, 0.25) is 0 Å². The van der Waals surface area contributed by atoms with Crippen molar-refractivity contribution >= 4 is 23.0 Å². The molecule has 1 heterocycles. The number of carbonyl (C=O) groups excluding carboxylic acids is 2. The van der Waals surface area contributed by atoms with Crippen molar-refractivity contribution < 1.29 is 19.1 Å². The van der Waals surface area contributed by atoms with E-state index in [1.54, 1.807) is 13.1 Å². The van der Waals surface area contributed by atoms with Crippen LogP contribution in [0.5, 0.6) is 5.75 Å². The highest BCUT2D eigenvalue weighted by atomic mass is 16.6. The van der Waals surface area contributed by atoms with E-state index in [2.05, 4.69) is 4.98 Å². The molecule has 0 aliphatic heterocycles. The first-order chi connectivity index (χ1) is 11.6. The van der Waals surface area contributed by atoms with Gasteiger partial charge in [-0.05, 0) is 31.4 Å². The summed E-state index contributed by atoms with van der Waals surface area (Å²) in [6.45, 7) is 4.88. The Kier molecular flexibility index (Phi) is 6.23. The third-order valence-corrected chi connectivity index (χ3v) is 3.81. The molecule has 6 heteroatoms. The van der Waals surface area contributed by atoms with E-state index in [1.165, 1.54) is 4.90 Å². The lowest BCUT2D eigenvalue weighted by atomic mass is 10.1. The standard InChI is InChI=1S/C18H24N2O4/c1-4-11-23-16(21)10-9-13-12-19-17-14(13)7-6-8-15(17)24-18(22)20(3)5-2/h6-8,12,19H,4-5,9-11H2,1-3H3. The zero-order valence-corrected chi connectivity index (χ0v) is 14.4. The maximum atomic E-state index is 11.9. The van der Waals surface area contributed by atoms with Gasteiger partial charge in [0.1, 0.15) is 0 Å². The molecule has 0 spiro atoms. The predicted octanol–water partition coefficient (Wildman–Crippen LogP) is 3.50. The van der Waals surface area contributed by atoms with E-state index in [0.29, 0.717) is 31.7 Å². The quantitative estimate of drug-likeness (QED) is 0.788. The molecular weight excluding hydrogens is 308 g/mol. The van der Waals surface area contributed by atoms with Crippen molar-refractivity contribution in [2.45, 2.75) is 33.1 Å². The Morgan fingerprint density at radius 3 is 2.75 bits per heavy atom. The molecule has 24 heavy (non-hydrogen) atoms. The number of amides is 1. The summed E-state index contributed by atoms with van der Waals surface area (Å²) in [5.41, 5.74) is 1.76. The number of nitrogens with one attached hydrogen (secondary N) is 1. The van der Waals surface area contributed by atoms with Crippen molar-refractivity contribution in [1.29, 1.82) is 0 Å². The molecule has 0 unspecified atom stereocenters. The van der Waals surface area contributed by atoms with Gasteiger partial charge in [0.15, 0.2) is 5.75 Å². The van der Waals surface area contributed by atoms with Crippen molar-refractivity contribution in [3.63, 3.8) is 0 Å². The van der Waals surface area contributed by atoms with Crippen LogP contribution in [0.3, 0.4) is 0 Å². The van der Waals surface area contributed by atoms with Crippen molar-refractivity contribution in [1.82, 2.24) is 9.88 Å². The fraction of sp³-hybridized carbons (Fsp3) is 0.444. The van der Waals surface area contributed by atoms with Crippen LogP contribution in [-0.4, -0.2) is 42.1 Å². The number of H-pyrrole nitrogens is 1. The lowest BCUT2D eigenvalue weighted by Gasteiger charge is -2.14.